The van der Waals surface area contributed by atoms with Crippen molar-refractivity contribution in [3.8, 4) is 11.5 Å². The molecule has 0 unspecified atom stereocenters. The fraction of sp³-hybridized carbons (Fsp3) is 0.364. The quantitative estimate of drug-likeness (QED) is 0.718. The Morgan fingerprint density at radius 1 is 1.21 bits per heavy atom. The normalized spacial score (nSPS) is 17.1. The van der Waals surface area contributed by atoms with Gasteiger partial charge in [0.2, 0.25) is 0 Å². The Morgan fingerprint density at radius 3 is 2.68 bits per heavy atom. The Kier molecular flexibility index (Phi) is 5.30. The maximum atomic E-state index is 13.0. The number of likely N-dealkylation sites (N-methyl/N-ethyl adjacent to an activating group) is 1. The molecule has 2 aromatic heterocycles. The zero-order valence-electron chi connectivity index (χ0n) is 16.5. The van der Waals surface area contributed by atoms with Gasteiger partial charge >= 0.3 is 0 Å². The predicted molar refractivity (Wildman–Crippen MR) is 110 cm³/mol. The van der Waals surface area contributed by atoms with E-state index in [9.17, 15) is 4.79 Å². The van der Waals surface area contributed by atoms with Crippen molar-refractivity contribution in [1.82, 2.24) is 24.6 Å². The molecule has 1 amide bonds. The van der Waals surface area contributed by atoms with Gasteiger partial charge in [0.05, 0.1) is 11.9 Å². The lowest BCUT2D eigenvalue weighted by molar-refractivity contribution is 0.0941. The highest BCUT2D eigenvalue weighted by Crippen LogP contribution is 2.21. The van der Waals surface area contributed by atoms with E-state index in [1.165, 1.54) is 12.0 Å². The van der Waals surface area contributed by atoms with E-state index in [0.29, 0.717) is 18.2 Å². The van der Waals surface area contributed by atoms with Crippen LogP contribution in [0.1, 0.15) is 35.7 Å². The number of nitrogens with zero attached hydrogens (tertiary/aromatic N) is 4. The fourth-order valence-corrected chi connectivity index (χ4v) is 3.95. The molecule has 3 aromatic rings. The van der Waals surface area contributed by atoms with Crippen LogP contribution in [0.2, 0.25) is 0 Å². The highest BCUT2D eigenvalue weighted by Gasteiger charge is 2.25. The van der Waals surface area contributed by atoms with Gasteiger partial charge in [0, 0.05) is 25.0 Å². The number of amides is 1. The molecular formula is C22H27N5O. The van der Waals surface area contributed by atoms with Gasteiger partial charge in [0.25, 0.3) is 5.91 Å². The van der Waals surface area contributed by atoms with Crippen LogP contribution in [0, 0.1) is 6.92 Å². The molecule has 0 aliphatic carbocycles. The van der Waals surface area contributed by atoms with Gasteiger partial charge in [-0.25, -0.2) is 4.68 Å². The lowest BCUT2D eigenvalue weighted by atomic mass is 10.2. The van der Waals surface area contributed by atoms with Gasteiger partial charge in [-0.1, -0.05) is 24.6 Å². The van der Waals surface area contributed by atoms with E-state index in [1.807, 2.05) is 45.9 Å². The second-order valence-electron chi connectivity index (χ2n) is 7.35. The maximum absolute atomic E-state index is 13.0. The average Bonchev–Trinajstić information content (AvgIpc) is 3.46. The molecule has 28 heavy (non-hydrogen) atoms. The molecule has 1 aliphatic rings. The van der Waals surface area contributed by atoms with Crippen LogP contribution in [0.25, 0.3) is 11.5 Å². The van der Waals surface area contributed by atoms with Crippen molar-refractivity contribution >= 4 is 5.91 Å². The van der Waals surface area contributed by atoms with E-state index < -0.39 is 0 Å². The van der Waals surface area contributed by atoms with Gasteiger partial charge in [0.1, 0.15) is 5.56 Å². The lowest BCUT2D eigenvalue weighted by Crippen LogP contribution is -2.40. The summed E-state index contributed by atoms with van der Waals surface area (Å²) in [5.74, 6) is 0.676. The van der Waals surface area contributed by atoms with E-state index in [0.717, 1.165) is 31.0 Å². The number of aromatic nitrogens is 3. The van der Waals surface area contributed by atoms with Gasteiger partial charge in [-0.2, -0.15) is 5.10 Å². The summed E-state index contributed by atoms with van der Waals surface area (Å²) in [6, 6.07) is 12.5. The number of likely N-dealkylation sites (tertiary alicyclic amines) is 1. The van der Waals surface area contributed by atoms with Gasteiger partial charge in [-0.3, -0.25) is 9.69 Å². The Bertz CT molecular complexity index is 927. The summed E-state index contributed by atoms with van der Waals surface area (Å²) >= 11 is 0. The molecule has 6 heteroatoms. The summed E-state index contributed by atoms with van der Waals surface area (Å²) in [4.78, 5) is 15.4. The Hall–Kier alpha value is -2.86. The number of nitrogens with one attached hydrogen (secondary N) is 1. The topological polar surface area (TPSA) is 55.1 Å². The molecule has 1 N–H and O–H groups in total. The summed E-state index contributed by atoms with van der Waals surface area (Å²) in [6.07, 6.45) is 7.88. The van der Waals surface area contributed by atoms with E-state index in [2.05, 4.69) is 41.3 Å². The van der Waals surface area contributed by atoms with Crippen molar-refractivity contribution in [2.45, 2.75) is 32.7 Å². The van der Waals surface area contributed by atoms with E-state index in [4.69, 9.17) is 0 Å². The molecule has 0 spiro atoms. The Balaban J connectivity index is 1.61. The van der Waals surface area contributed by atoms with Crippen LogP contribution >= 0.6 is 0 Å². The summed E-state index contributed by atoms with van der Waals surface area (Å²) in [5, 5.41) is 7.66. The molecule has 1 fully saturated rings. The number of rotatable bonds is 6. The van der Waals surface area contributed by atoms with Gasteiger partial charge in [0.15, 0.2) is 5.82 Å². The molecule has 1 aromatic carbocycles. The standard InChI is InChI=1S/C22H27N5O/c1-3-25-14-6-7-19(25)15-23-21(28)20-16-24-27(18-10-8-17(2)9-11-18)22(20)26-12-4-5-13-26/h4-5,8-13,16,19H,3,6-7,14-15H2,1-2H3,(H,23,28)/t19-/m0/s1. The van der Waals surface area contributed by atoms with Crippen molar-refractivity contribution in [2.75, 3.05) is 19.6 Å². The first kappa shape index (κ1) is 18.5. The van der Waals surface area contributed by atoms with Gasteiger partial charge in [-0.05, 0) is 57.1 Å². The number of hydrogen-bond donors (Lipinski definition) is 1. The molecule has 1 atom stereocenters. The number of aryl methyl sites for hydroxylation is 1. The minimum Gasteiger partial charge on any atom is -0.350 e. The molecule has 146 valence electrons. The molecule has 0 bridgehead atoms. The molecule has 0 radical (unpaired) electrons. The maximum Gasteiger partial charge on any atom is 0.256 e. The van der Waals surface area contributed by atoms with Crippen molar-refractivity contribution < 1.29 is 4.79 Å². The molecule has 1 saturated heterocycles. The number of carbonyl (C=O) groups excluding carboxylic acids is 1. The van der Waals surface area contributed by atoms with Crippen LogP contribution < -0.4 is 5.32 Å². The van der Waals surface area contributed by atoms with E-state index in [-0.39, 0.29) is 5.91 Å². The van der Waals surface area contributed by atoms with Gasteiger partial charge in [-0.15, -0.1) is 0 Å². The second kappa shape index (κ2) is 8.02. The first-order chi connectivity index (χ1) is 13.7. The average molecular weight is 377 g/mol. The fourth-order valence-electron chi connectivity index (χ4n) is 3.95. The molecule has 4 rings (SSSR count). The molecular weight excluding hydrogens is 350 g/mol. The van der Waals surface area contributed by atoms with Crippen molar-refractivity contribution in [1.29, 1.82) is 0 Å². The summed E-state index contributed by atoms with van der Waals surface area (Å²) in [6.45, 7) is 7.06. The first-order valence-electron chi connectivity index (χ1n) is 9.98. The SMILES string of the molecule is CCN1CCC[C@H]1CNC(=O)c1cnn(-c2ccc(C)cc2)c1-n1cccc1. The zero-order valence-corrected chi connectivity index (χ0v) is 16.5. The van der Waals surface area contributed by atoms with Crippen LogP contribution in [0.5, 0.6) is 0 Å². The third kappa shape index (κ3) is 3.60. The number of benzene rings is 1. The highest BCUT2D eigenvalue weighted by atomic mass is 16.1. The smallest absolute Gasteiger partial charge is 0.256 e. The molecule has 3 heterocycles. The monoisotopic (exact) mass is 377 g/mol. The van der Waals surface area contributed by atoms with Crippen molar-refractivity contribution in [2.24, 2.45) is 0 Å². The van der Waals surface area contributed by atoms with Gasteiger partial charge < -0.3 is 9.88 Å². The Morgan fingerprint density at radius 2 is 1.96 bits per heavy atom. The largest absolute Gasteiger partial charge is 0.350 e. The third-order valence-electron chi connectivity index (χ3n) is 5.52. The molecule has 1 aliphatic heterocycles. The molecule has 6 nitrogen and oxygen atoms in total. The van der Waals surface area contributed by atoms with Crippen LogP contribution in [0.3, 0.4) is 0 Å². The van der Waals surface area contributed by atoms with Crippen molar-refractivity contribution in [3.63, 3.8) is 0 Å². The Labute approximate surface area is 165 Å². The third-order valence-corrected chi connectivity index (χ3v) is 5.52. The van der Waals surface area contributed by atoms with Crippen molar-refractivity contribution in [3.05, 3.63) is 66.1 Å². The predicted octanol–water partition coefficient (Wildman–Crippen LogP) is 3.19. The van der Waals surface area contributed by atoms with E-state index >= 15 is 0 Å². The molecule has 0 saturated carbocycles. The summed E-state index contributed by atoms with van der Waals surface area (Å²) in [7, 11) is 0. The van der Waals surface area contributed by atoms with Crippen LogP contribution in [-0.2, 0) is 0 Å². The zero-order chi connectivity index (χ0) is 19.5. The number of hydrogen-bond acceptors (Lipinski definition) is 3. The summed E-state index contributed by atoms with van der Waals surface area (Å²) in [5.41, 5.74) is 2.70. The van der Waals surface area contributed by atoms with Crippen LogP contribution in [0.15, 0.2) is 55.0 Å². The summed E-state index contributed by atoms with van der Waals surface area (Å²) < 4.78 is 3.76. The minimum atomic E-state index is -0.0787. The number of carbonyl (C=O) groups is 1. The van der Waals surface area contributed by atoms with Crippen LogP contribution in [-0.4, -0.2) is 50.8 Å². The minimum absolute atomic E-state index is 0.0787. The van der Waals surface area contributed by atoms with E-state index in [1.54, 1.807) is 6.20 Å². The first-order valence-corrected chi connectivity index (χ1v) is 9.98. The highest BCUT2D eigenvalue weighted by molar-refractivity contribution is 5.97. The second-order valence-corrected chi connectivity index (χ2v) is 7.35. The lowest BCUT2D eigenvalue weighted by Gasteiger charge is -2.22. The van der Waals surface area contributed by atoms with Crippen LogP contribution in [0.4, 0.5) is 0 Å².